The minimum atomic E-state index is -2.29. The number of aryl methyl sites for hydroxylation is 1. The molecule has 5 N–H and O–H groups in total. The summed E-state index contributed by atoms with van der Waals surface area (Å²) in [6.07, 6.45) is -4.16. The SMILES string of the molecule is CC(=O)N[C@H]1[C@H]([C@H](O)[C@@H](C)O)O[C@@](OCCCn2cc(-c3ccc(-c4ccccc4)cc3)nn2)(C(=O)O)C[C@@H]1O. The fraction of sp³-hybridized carbons (Fsp3) is 0.429. The predicted molar refractivity (Wildman–Crippen MR) is 143 cm³/mol. The van der Waals surface area contributed by atoms with E-state index in [1.54, 1.807) is 10.9 Å². The Labute approximate surface area is 231 Å². The standard InChI is InChI=1S/C28H34N4O8/c1-17(33)25(36)26-24(29-18(2)34)23(35)15-28(40-26,27(37)38)39-14-6-13-32-16-22(30-31-32)21-11-9-20(10-12-21)19-7-4-3-5-8-19/h3-5,7-12,16-17,23-26,33,35-36H,6,13-15H2,1-2H3,(H,29,34)(H,37,38)/t17-,23+,24-,25-,26-,28-/m1/s1. The third-order valence-electron chi connectivity index (χ3n) is 6.79. The summed E-state index contributed by atoms with van der Waals surface area (Å²) in [6, 6.07) is 16.8. The molecule has 3 aromatic rings. The van der Waals surface area contributed by atoms with Crippen molar-refractivity contribution in [2.75, 3.05) is 6.61 Å². The minimum absolute atomic E-state index is 0.0811. The highest BCUT2D eigenvalue weighted by Gasteiger charge is 2.55. The first-order chi connectivity index (χ1) is 19.1. The van der Waals surface area contributed by atoms with Crippen LogP contribution in [0.15, 0.2) is 60.8 Å². The van der Waals surface area contributed by atoms with E-state index in [9.17, 15) is 30.0 Å². The molecule has 1 aliphatic heterocycles. The molecule has 40 heavy (non-hydrogen) atoms. The second-order valence-electron chi connectivity index (χ2n) is 9.88. The van der Waals surface area contributed by atoms with Gasteiger partial charge in [0.25, 0.3) is 5.79 Å². The monoisotopic (exact) mass is 554 g/mol. The van der Waals surface area contributed by atoms with Gasteiger partial charge in [-0.2, -0.15) is 0 Å². The third kappa shape index (κ3) is 6.72. The molecule has 6 atom stereocenters. The Hall–Kier alpha value is -3.68. The first-order valence-electron chi connectivity index (χ1n) is 13.0. The van der Waals surface area contributed by atoms with Crippen molar-refractivity contribution in [3.63, 3.8) is 0 Å². The zero-order valence-electron chi connectivity index (χ0n) is 22.3. The quantitative estimate of drug-likeness (QED) is 0.216. The fourth-order valence-corrected chi connectivity index (χ4v) is 4.69. The molecule has 1 aliphatic rings. The summed E-state index contributed by atoms with van der Waals surface area (Å²) < 4.78 is 12.9. The molecule has 12 heteroatoms. The van der Waals surface area contributed by atoms with E-state index in [1.165, 1.54) is 13.8 Å². The number of aliphatic hydroxyl groups is 3. The lowest BCUT2D eigenvalue weighted by atomic mass is 9.88. The second-order valence-corrected chi connectivity index (χ2v) is 9.88. The number of benzene rings is 2. The molecule has 12 nitrogen and oxygen atoms in total. The molecule has 0 bridgehead atoms. The summed E-state index contributed by atoms with van der Waals surface area (Å²) in [5.74, 6) is -4.31. The maximum atomic E-state index is 12.2. The minimum Gasteiger partial charge on any atom is -0.477 e. The number of carboxylic acids is 1. The molecule has 2 heterocycles. The van der Waals surface area contributed by atoms with Crippen molar-refractivity contribution < 1.29 is 39.5 Å². The van der Waals surface area contributed by atoms with Crippen molar-refractivity contribution in [2.45, 2.75) is 69.5 Å². The van der Waals surface area contributed by atoms with Gasteiger partial charge in [-0.1, -0.05) is 59.8 Å². The Balaban J connectivity index is 1.37. The van der Waals surface area contributed by atoms with Crippen LogP contribution in [0.4, 0.5) is 0 Å². The van der Waals surface area contributed by atoms with Crippen LogP contribution in [0.2, 0.25) is 0 Å². The maximum Gasteiger partial charge on any atom is 0.364 e. The zero-order chi connectivity index (χ0) is 28.9. The molecule has 2 aromatic carbocycles. The van der Waals surface area contributed by atoms with Gasteiger partial charge in [0.2, 0.25) is 5.91 Å². The van der Waals surface area contributed by atoms with Crippen LogP contribution < -0.4 is 5.32 Å². The van der Waals surface area contributed by atoms with Crippen LogP contribution in [-0.4, -0.2) is 90.1 Å². The highest BCUT2D eigenvalue weighted by Crippen LogP contribution is 2.33. The largest absolute Gasteiger partial charge is 0.477 e. The summed E-state index contributed by atoms with van der Waals surface area (Å²) in [5, 5.41) is 51.8. The van der Waals surface area contributed by atoms with Gasteiger partial charge in [0.1, 0.15) is 17.9 Å². The Kier molecular flexibility index (Phi) is 9.28. The zero-order valence-corrected chi connectivity index (χ0v) is 22.3. The van der Waals surface area contributed by atoms with E-state index in [0.29, 0.717) is 18.7 Å². The van der Waals surface area contributed by atoms with Crippen molar-refractivity contribution >= 4 is 11.9 Å². The van der Waals surface area contributed by atoms with E-state index in [4.69, 9.17) is 9.47 Å². The molecule has 0 aliphatic carbocycles. The number of nitrogens with one attached hydrogen (secondary N) is 1. The van der Waals surface area contributed by atoms with Crippen molar-refractivity contribution in [3.8, 4) is 22.4 Å². The third-order valence-corrected chi connectivity index (χ3v) is 6.79. The van der Waals surface area contributed by atoms with Gasteiger partial charge in [-0.25, -0.2) is 4.79 Å². The highest BCUT2D eigenvalue weighted by atomic mass is 16.7. The summed E-state index contributed by atoms with van der Waals surface area (Å²) in [7, 11) is 0. The lowest BCUT2D eigenvalue weighted by Gasteiger charge is -2.46. The normalized spacial score (nSPS) is 24.3. The molecular weight excluding hydrogens is 520 g/mol. The van der Waals surface area contributed by atoms with Crippen LogP contribution in [0, 0.1) is 0 Å². The summed E-state index contributed by atoms with van der Waals surface area (Å²) in [4.78, 5) is 23.8. The molecule has 1 aromatic heterocycles. The van der Waals surface area contributed by atoms with Crippen LogP contribution in [0.3, 0.4) is 0 Å². The van der Waals surface area contributed by atoms with E-state index in [-0.39, 0.29) is 6.61 Å². The number of aliphatic carboxylic acids is 1. The summed E-state index contributed by atoms with van der Waals surface area (Å²) >= 11 is 0. The van der Waals surface area contributed by atoms with Gasteiger partial charge in [0.15, 0.2) is 0 Å². The fourth-order valence-electron chi connectivity index (χ4n) is 4.69. The number of carbonyl (C=O) groups excluding carboxylic acids is 1. The molecule has 4 rings (SSSR count). The number of aliphatic hydroxyl groups excluding tert-OH is 3. The highest BCUT2D eigenvalue weighted by molar-refractivity contribution is 5.76. The molecule has 0 unspecified atom stereocenters. The van der Waals surface area contributed by atoms with Crippen LogP contribution in [0.1, 0.15) is 26.7 Å². The maximum absolute atomic E-state index is 12.2. The van der Waals surface area contributed by atoms with E-state index in [1.807, 2.05) is 54.6 Å². The van der Waals surface area contributed by atoms with Crippen molar-refractivity contribution in [1.29, 1.82) is 0 Å². The first kappa shape index (κ1) is 29.3. The number of rotatable bonds is 11. The summed E-state index contributed by atoms with van der Waals surface area (Å²) in [5.41, 5.74) is 3.78. The van der Waals surface area contributed by atoms with Crippen LogP contribution in [0.25, 0.3) is 22.4 Å². The van der Waals surface area contributed by atoms with E-state index < -0.39 is 54.5 Å². The van der Waals surface area contributed by atoms with Gasteiger partial charge >= 0.3 is 5.97 Å². The van der Waals surface area contributed by atoms with Gasteiger partial charge in [0, 0.05) is 25.5 Å². The number of amides is 1. The number of hydrogen-bond donors (Lipinski definition) is 5. The van der Waals surface area contributed by atoms with Gasteiger partial charge in [0.05, 0.1) is 31.1 Å². The van der Waals surface area contributed by atoms with E-state index in [2.05, 4.69) is 15.6 Å². The van der Waals surface area contributed by atoms with Crippen molar-refractivity contribution in [3.05, 3.63) is 60.8 Å². The van der Waals surface area contributed by atoms with Crippen LogP contribution in [0.5, 0.6) is 0 Å². The Morgan fingerprint density at radius 2 is 1.77 bits per heavy atom. The molecule has 1 amide bonds. The number of aromatic nitrogens is 3. The Morgan fingerprint density at radius 1 is 1.12 bits per heavy atom. The first-order valence-corrected chi connectivity index (χ1v) is 13.0. The Bertz CT molecular complexity index is 1280. The second kappa shape index (κ2) is 12.7. The van der Waals surface area contributed by atoms with E-state index in [0.717, 1.165) is 16.7 Å². The van der Waals surface area contributed by atoms with Crippen LogP contribution in [-0.2, 0) is 25.6 Å². The topological polar surface area (TPSA) is 176 Å². The lowest BCUT2D eigenvalue weighted by molar-refractivity contribution is -0.310. The summed E-state index contributed by atoms with van der Waals surface area (Å²) in [6.45, 7) is 2.78. The lowest BCUT2D eigenvalue weighted by Crippen LogP contribution is -2.67. The van der Waals surface area contributed by atoms with Crippen molar-refractivity contribution in [2.24, 2.45) is 0 Å². The molecule has 0 saturated carbocycles. The van der Waals surface area contributed by atoms with Crippen molar-refractivity contribution in [1.82, 2.24) is 20.3 Å². The smallest absolute Gasteiger partial charge is 0.364 e. The molecule has 214 valence electrons. The van der Waals surface area contributed by atoms with Gasteiger partial charge in [-0.3, -0.25) is 9.48 Å². The van der Waals surface area contributed by atoms with Crippen LogP contribution >= 0.6 is 0 Å². The molecule has 0 spiro atoms. The molecular formula is C28H34N4O8. The number of ether oxygens (including phenoxy) is 2. The predicted octanol–water partition coefficient (Wildman–Crippen LogP) is 1.20. The molecule has 0 radical (unpaired) electrons. The van der Waals surface area contributed by atoms with Gasteiger partial charge < -0.3 is 35.2 Å². The number of carboxylic acid groups (broad SMARTS) is 1. The molecule has 1 saturated heterocycles. The number of carbonyl (C=O) groups is 2. The average molecular weight is 555 g/mol. The number of nitrogens with zero attached hydrogens (tertiary/aromatic N) is 3. The molecule has 1 fully saturated rings. The van der Waals surface area contributed by atoms with Gasteiger partial charge in [-0.05, 0) is 24.5 Å². The van der Waals surface area contributed by atoms with E-state index >= 15 is 0 Å². The van der Waals surface area contributed by atoms with Gasteiger partial charge in [-0.15, -0.1) is 5.10 Å². The Morgan fingerprint density at radius 3 is 2.40 bits per heavy atom. The number of hydrogen-bond acceptors (Lipinski definition) is 9. The average Bonchev–Trinajstić information content (AvgIpc) is 3.41.